The second kappa shape index (κ2) is 7.87. The topological polar surface area (TPSA) is 119 Å². The van der Waals surface area contributed by atoms with Gasteiger partial charge in [0.1, 0.15) is 0 Å². The van der Waals surface area contributed by atoms with E-state index in [1.165, 1.54) is 4.90 Å². The van der Waals surface area contributed by atoms with Gasteiger partial charge in [-0.05, 0) is 0 Å². The quantitative estimate of drug-likeness (QED) is 0.519. The summed E-state index contributed by atoms with van der Waals surface area (Å²) in [6.45, 7) is 2.46. The number of para-hydroxylation sites is 1. The van der Waals surface area contributed by atoms with E-state index in [2.05, 4.69) is 15.2 Å². The number of piperidine rings is 1. The van der Waals surface area contributed by atoms with Crippen molar-refractivity contribution in [2.24, 2.45) is 0 Å². The number of fused-ring (bicyclic) bond motifs is 1. The molecular weight excluding hydrogens is 435 g/mol. The molecule has 4 rings (SSSR count). The molecule has 8 nitrogen and oxygen atoms in total. The number of nitrogens with one attached hydrogen (secondary N) is 1. The fourth-order valence-corrected chi connectivity index (χ4v) is 5.42. The molecule has 0 saturated carbocycles. The van der Waals surface area contributed by atoms with Crippen LogP contribution >= 0.6 is 0 Å². The third-order valence-corrected chi connectivity index (χ3v) is 6.93. The summed E-state index contributed by atoms with van der Waals surface area (Å²) < 4.78 is 0.876. The van der Waals surface area contributed by atoms with Gasteiger partial charge in [-0.15, -0.1) is 0 Å². The number of amides is 1. The van der Waals surface area contributed by atoms with Crippen LogP contribution in [0.25, 0.3) is 22.3 Å². The summed E-state index contributed by atoms with van der Waals surface area (Å²) in [5, 5.41) is 27.8. The summed E-state index contributed by atoms with van der Waals surface area (Å²) in [7, 11) is 0. The second-order valence-corrected chi connectivity index (χ2v) is 9.81. The average molecular weight is 455 g/mol. The number of H-pyrrole nitrogens is 1. The van der Waals surface area contributed by atoms with Crippen molar-refractivity contribution in [3.8, 4) is 17.0 Å². The SMILES string of the molecule is CC(=O)[As]c1[nH]nc2nc(-c3ccccc3O)cc(C3CCCN(C(=O)O)C3)c12. The number of carbonyl (C=O) groups is 2. The fourth-order valence-electron chi connectivity index (χ4n) is 3.83. The van der Waals surface area contributed by atoms with Gasteiger partial charge < -0.3 is 0 Å². The van der Waals surface area contributed by atoms with Crippen molar-refractivity contribution in [3.63, 3.8) is 0 Å². The predicted molar refractivity (Wildman–Crippen MR) is 109 cm³/mol. The fraction of sp³-hybridized carbons (Fsp3) is 0.300. The number of rotatable bonds is 4. The third-order valence-electron chi connectivity index (χ3n) is 5.12. The van der Waals surface area contributed by atoms with E-state index in [0.29, 0.717) is 30.0 Å². The van der Waals surface area contributed by atoms with Gasteiger partial charge in [-0.25, -0.2) is 0 Å². The Morgan fingerprint density at radius 2 is 2.10 bits per heavy atom. The summed E-state index contributed by atoms with van der Waals surface area (Å²) in [6.07, 6.45) is 0.674. The molecule has 1 aromatic carbocycles. The molecule has 1 atom stereocenters. The molecule has 1 amide bonds. The van der Waals surface area contributed by atoms with Crippen LogP contribution in [0.15, 0.2) is 30.3 Å². The van der Waals surface area contributed by atoms with Crippen molar-refractivity contribution in [2.75, 3.05) is 13.1 Å². The van der Waals surface area contributed by atoms with E-state index in [1.807, 2.05) is 12.1 Å². The van der Waals surface area contributed by atoms with Gasteiger partial charge in [0.25, 0.3) is 0 Å². The van der Waals surface area contributed by atoms with Gasteiger partial charge in [0.05, 0.1) is 0 Å². The number of benzene rings is 1. The number of aromatic nitrogens is 3. The number of aromatic hydroxyl groups is 1. The number of pyridine rings is 1. The summed E-state index contributed by atoms with van der Waals surface area (Å²) in [6, 6.07) is 8.86. The van der Waals surface area contributed by atoms with Crippen LogP contribution in [-0.4, -0.2) is 69.8 Å². The first-order valence-electron chi connectivity index (χ1n) is 9.31. The molecule has 1 saturated heterocycles. The first kappa shape index (κ1) is 19.5. The van der Waals surface area contributed by atoms with Gasteiger partial charge in [0, 0.05) is 0 Å². The molecule has 1 fully saturated rings. The van der Waals surface area contributed by atoms with Gasteiger partial charge in [0.15, 0.2) is 0 Å². The minimum absolute atomic E-state index is 0.0283. The van der Waals surface area contributed by atoms with Gasteiger partial charge in [-0.2, -0.15) is 0 Å². The Morgan fingerprint density at radius 1 is 1.31 bits per heavy atom. The average Bonchev–Trinajstić information content (AvgIpc) is 3.10. The molecule has 3 aromatic rings. The van der Waals surface area contributed by atoms with E-state index >= 15 is 0 Å². The summed E-state index contributed by atoms with van der Waals surface area (Å²) in [5.74, 6) is 0.0893. The second-order valence-electron chi connectivity index (χ2n) is 7.08. The molecule has 1 aliphatic rings. The standard InChI is InChI=1S/C20H20AsN4O4/c1-11(26)21-18-17-14(12-5-4-8-25(10-12)20(28)29)9-15(22-19(17)24-23-18)13-6-2-3-7-16(13)27/h2-3,6-7,9,12,27H,4-5,8,10H2,1H3,(H,28,29)(H,22,23,24). The van der Waals surface area contributed by atoms with E-state index in [0.717, 1.165) is 28.3 Å². The first-order chi connectivity index (χ1) is 13.9. The maximum absolute atomic E-state index is 11.8. The zero-order valence-corrected chi connectivity index (χ0v) is 17.7. The van der Waals surface area contributed by atoms with E-state index in [-0.39, 0.29) is 16.2 Å². The maximum atomic E-state index is 11.8. The van der Waals surface area contributed by atoms with Crippen LogP contribution in [-0.2, 0) is 4.79 Å². The Labute approximate surface area is 173 Å². The number of phenols is 1. The van der Waals surface area contributed by atoms with E-state index < -0.39 is 21.8 Å². The van der Waals surface area contributed by atoms with Gasteiger partial charge in [-0.1, -0.05) is 0 Å². The molecule has 9 heteroatoms. The normalized spacial score (nSPS) is 17.3. The Morgan fingerprint density at radius 3 is 2.83 bits per heavy atom. The Bertz CT molecular complexity index is 1100. The van der Waals surface area contributed by atoms with Crippen LogP contribution in [0.5, 0.6) is 5.75 Å². The molecule has 1 unspecified atom stereocenters. The zero-order chi connectivity index (χ0) is 20.5. The van der Waals surface area contributed by atoms with Crippen LogP contribution in [0, 0.1) is 0 Å². The number of hydrogen-bond acceptors (Lipinski definition) is 5. The van der Waals surface area contributed by atoms with Gasteiger partial charge in [-0.3, -0.25) is 0 Å². The summed E-state index contributed by atoms with van der Waals surface area (Å²) in [5.41, 5.74) is 2.58. The molecule has 1 aliphatic heterocycles. The van der Waals surface area contributed by atoms with Crippen molar-refractivity contribution in [3.05, 3.63) is 35.9 Å². The summed E-state index contributed by atoms with van der Waals surface area (Å²) in [4.78, 5) is 29.3. The zero-order valence-electron chi connectivity index (χ0n) is 15.8. The number of aromatic amines is 1. The van der Waals surface area contributed by atoms with Crippen molar-refractivity contribution >= 4 is 41.9 Å². The van der Waals surface area contributed by atoms with Crippen LogP contribution in [0.1, 0.15) is 31.2 Å². The molecule has 3 N–H and O–H groups in total. The molecule has 0 aliphatic carbocycles. The molecule has 149 valence electrons. The monoisotopic (exact) mass is 455 g/mol. The van der Waals surface area contributed by atoms with Gasteiger partial charge >= 0.3 is 173 Å². The van der Waals surface area contributed by atoms with Crippen molar-refractivity contribution in [1.82, 2.24) is 20.1 Å². The van der Waals surface area contributed by atoms with Crippen molar-refractivity contribution in [1.29, 1.82) is 0 Å². The number of hydrogen-bond donors (Lipinski definition) is 3. The minimum atomic E-state index is -0.927. The van der Waals surface area contributed by atoms with E-state index in [1.54, 1.807) is 25.1 Å². The molecule has 0 bridgehead atoms. The Hall–Kier alpha value is -2.86. The Kier molecular flexibility index (Phi) is 5.28. The number of nitrogens with zero attached hydrogens (tertiary/aromatic N) is 3. The Balaban J connectivity index is 1.88. The van der Waals surface area contributed by atoms with E-state index in [9.17, 15) is 19.8 Å². The van der Waals surface area contributed by atoms with Crippen LogP contribution in [0.4, 0.5) is 4.79 Å². The molecule has 3 heterocycles. The molecule has 29 heavy (non-hydrogen) atoms. The van der Waals surface area contributed by atoms with E-state index in [4.69, 9.17) is 0 Å². The number of phenolic OH excluding ortho intramolecular Hbond substituents is 1. The van der Waals surface area contributed by atoms with Crippen molar-refractivity contribution < 1.29 is 19.8 Å². The number of likely N-dealkylation sites (tertiary alicyclic amines) is 1. The third kappa shape index (κ3) is 3.85. The summed E-state index contributed by atoms with van der Waals surface area (Å²) >= 11 is -0.744. The van der Waals surface area contributed by atoms with Crippen LogP contribution in [0.3, 0.4) is 0 Å². The molecule has 0 spiro atoms. The molecule has 1 radical (unpaired) electrons. The molecular formula is C20H20AsN4O4. The van der Waals surface area contributed by atoms with Crippen LogP contribution in [0.2, 0.25) is 0 Å². The predicted octanol–water partition coefficient (Wildman–Crippen LogP) is 2.06. The van der Waals surface area contributed by atoms with Crippen molar-refractivity contribution in [2.45, 2.75) is 25.7 Å². The molecule has 2 aromatic heterocycles. The number of carbonyl (C=O) groups excluding carboxylic acids is 1. The first-order valence-corrected chi connectivity index (χ1v) is 11.2. The van der Waals surface area contributed by atoms with Crippen LogP contribution < -0.4 is 4.48 Å². The van der Waals surface area contributed by atoms with Gasteiger partial charge in [0.2, 0.25) is 0 Å². The number of carboxylic acid groups (broad SMARTS) is 1.